The van der Waals surface area contributed by atoms with Gasteiger partial charge in [-0.3, -0.25) is 15.1 Å². The van der Waals surface area contributed by atoms with Crippen LogP contribution in [0, 0.1) is 16.7 Å². The molecule has 1 aliphatic rings. The molecule has 0 spiro atoms. The number of nitrogens with one attached hydrogen (secondary N) is 2. The lowest BCUT2D eigenvalue weighted by atomic mass is 9.76. The standard InChI is InChI=1S/C24H21N7OS/c1-24(20-11-17(13-33-20)15-6-4-5-14(9-15)12-25)21(22(32)30(2)23(26)27-24)16-7-8-19-18(10-16)28-29-31(19)3/h4-11,13,21H,1-3H3,(H2,26,27)/t21-,24-/m1/s1. The van der Waals surface area contributed by atoms with Gasteiger partial charge in [-0.2, -0.15) is 5.26 Å². The average Bonchev–Trinajstić information content (AvgIpc) is 3.45. The fraction of sp³-hybridized carbons (Fsp3) is 0.208. The first kappa shape index (κ1) is 20.8. The van der Waals surface area contributed by atoms with E-state index in [-0.39, 0.29) is 11.9 Å². The quantitative estimate of drug-likeness (QED) is 0.491. The predicted octanol–water partition coefficient (Wildman–Crippen LogP) is 3.56. The van der Waals surface area contributed by atoms with Crippen LogP contribution in [0.5, 0.6) is 0 Å². The Hall–Kier alpha value is -4.03. The van der Waals surface area contributed by atoms with E-state index < -0.39 is 11.5 Å². The van der Waals surface area contributed by atoms with E-state index in [2.05, 4.69) is 21.7 Å². The van der Waals surface area contributed by atoms with Gasteiger partial charge in [0, 0.05) is 19.0 Å². The first-order valence-corrected chi connectivity index (χ1v) is 11.2. The minimum atomic E-state index is -0.841. The third-order valence-electron chi connectivity index (χ3n) is 6.27. The number of thiophene rings is 1. The van der Waals surface area contributed by atoms with Crippen molar-refractivity contribution in [2.75, 3.05) is 7.05 Å². The van der Waals surface area contributed by atoms with Crippen molar-refractivity contribution in [3.8, 4) is 17.2 Å². The van der Waals surface area contributed by atoms with Crippen molar-refractivity contribution in [2.24, 2.45) is 7.05 Å². The van der Waals surface area contributed by atoms with Gasteiger partial charge in [0.15, 0.2) is 5.96 Å². The molecule has 3 heterocycles. The summed E-state index contributed by atoms with van der Waals surface area (Å²) in [5, 5.41) is 31.2. The van der Waals surface area contributed by atoms with Crippen LogP contribution in [0.4, 0.5) is 0 Å². The molecule has 9 heteroatoms. The zero-order valence-corrected chi connectivity index (χ0v) is 19.1. The van der Waals surface area contributed by atoms with Gasteiger partial charge in [-0.1, -0.05) is 23.4 Å². The van der Waals surface area contributed by atoms with Gasteiger partial charge < -0.3 is 5.32 Å². The van der Waals surface area contributed by atoms with Crippen molar-refractivity contribution in [3.63, 3.8) is 0 Å². The molecule has 2 aromatic carbocycles. The van der Waals surface area contributed by atoms with Crippen molar-refractivity contribution in [3.05, 3.63) is 69.9 Å². The van der Waals surface area contributed by atoms with Gasteiger partial charge in [0.2, 0.25) is 5.91 Å². The highest BCUT2D eigenvalue weighted by Gasteiger charge is 2.49. The Labute approximate surface area is 194 Å². The van der Waals surface area contributed by atoms with Crippen molar-refractivity contribution in [1.82, 2.24) is 25.2 Å². The van der Waals surface area contributed by atoms with Crippen LogP contribution in [0.25, 0.3) is 22.2 Å². The molecule has 2 N–H and O–H groups in total. The second-order valence-electron chi connectivity index (χ2n) is 8.36. The van der Waals surface area contributed by atoms with Gasteiger partial charge in [0.25, 0.3) is 0 Å². The molecule has 164 valence electrons. The van der Waals surface area contributed by atoms with Crippen LogP contribution in [0.15, 0.2) is 53.9 Å². The maximum atomic E-state index is 13.5. The Bertz CT molecular complexity index is 1460. The molecule has 4 aromatic rings. The van der Waals surface area contributed by atoms with Crippen LogP contribution in [-0.2, 0) is 17.4 Å². The smallest absolute Gasteiger partial charge is 0.239 e. The topological polar surface area (TPSA) is 111 Å². The Balaban J connectivity index is 1.62. The fourth-order valence-corrected chi connectivity index (χ4v) is 5.46. The van der Waals surface area contributed by atoms with E-state index >= 15 is 0 Å². The molecule has 1 amide bonds. The number of hydrogen-bond acceptors (Lipinski definition) is 6. The molecule has 1 aliphatic heterocycles. The average molecular weight is 456 g/mol. The summed E-state index contributed by atoms with van der Waals surface area (Å²) in [5.74, 6) is -0.674. The molecule has 5 rings (SSSR count). The van der Waals surface area contributed by atoms with Crippen LogP contribution in [0.1, 0.15) is 28.8 Å². The van der Waals surface area contributed by atoms with Gasteiger partial charge in [-0.05, 0) is 59.3 Å². The number of guanidine groups is 1. The van der Waals surface area contributed by atoms with E-state index in [1.165, 1.54) is 16.2 Å². The van der Waals surface area contributed by atoms with Crippen molar-refractivity contribution >= 4 is 34.2 Å². The molecule has 2 atom stereocenters. The minimum absolute atomic E-state index is 0.0563. The number of fused-ring (bicyclic) bond motifs is 1. The highest BCUT2D eigenvalue weighted by atomic mass is 32.1. The molecule has 33 heavy (non-hydrogen) atoms. The van der Waals surface area contributed by atoms with Gasteiger partial charge in [0.05, 0.1) is 28.6 Å². The first-order chi connectivity index (χ1) is 15.8. The number of carbonyl (C=O) groups is 1. The number of amides is 1. The molecule has 0 unspecified atom stereocenters. The number of nitrogens with zero attached hydrogens (tertiary/aromatic N) is 5. The van der Waals surface area contributed by atoms with Crippen LogP contribution in [0.3, 0.4) is 0 Å². The lowest BCUT2D eigenvalue weighted by Crippen LogP contribution is -2.62. The van der Waals surface area contributed by atoms with Crippen LogP contribution >= 0.6 is 11.3 Å². The number of carbonyl (C=O) groups excluding carboxylic acids is 1. The molecular weight excluding hydrogens is 434 g/mol. The number of rotatable bonds is 3. The molecule has 8 nitrogen and oxygen atoms in total. The van der Waals surface area contributed by atoms with E-state index in [0.717, 1.165) is 27.1 Å². The summed E-state index contributed by atoms with van der Waals surface area (Å²) in [4.78, 5) is 15.8. The SMILES string of the molecule is CN1C(=N)N[C@](C)(c2cc(-c3cccc(C#N)c3)cs2)[C@H](c2ccc3c(c2)nnn3C)C1=O. The van der Waals surface area contributed by atoms with E-state index in [1.807, 2.05) is 61.8 Å². The third kappa shape index (κ3) is 3.27. The van der Waals surface area contributed by atoms with Gasteiger partial charge in [0.1, 0.15) is 5.52 Å². The monoisotopic (exact) mass is 455 g/mol. The van der Waals surface area contributed by atoms with Gasteiger partial charge in [-0.15, -0.1) is 16.4 Å². The Morgan fingerprint density at radius 1 is 1.18 bits per heavy atom. The van der Waals surface area contributed by atoms with Crippen molar-refractivity contribution in [2.45, 2.75) is 18.4 Å². The lowest BCUT2D eigenvalue weighted by Gasteiger charge is -2.45. The summed E-state index contributed by atoms with van der Waals surface area (Å²) in [6.45, 7) is 1.96. The maximum absolute atomic E-state index is 13.5. The number of hydrogen-bond donors (Lipinski definition) is 2. The minimum Gasteiger partial charge on any atom is -0.345 e. The maximum Gasteiger partial charge on any atom is 0.239 e. The zero-order valence-electron chi connectivity index (χ0n) is 18.3. The summed E-state index contributed by atoms with van der Waals surface area (Å²) in [6, 6.07) is 17.4. The van der Waals surface area contributed by atoms with E-state index in [9.17, 15) is 10.1 Å². The lowest BCUT2D eigenvalue weighted by molar-refractivity contribution is -0.131. The third-order valence-corrected chi connectivity index (χ3v) is 7.44. The van der Waals surface area contributed by atoms with Gasteiger partial charge >= 0.3 is 0 Å². The first-order valence-electron chi connectivity index (χ1n) is 10.3. The summed E-state index contributed by atoms with van der Waals surface area (Å²) >= 11 is 1.53. The molecule has 0 bridgehead atoms. The summed E-state index contributed by atoms with van der Waals surface area (Å²) in [7, 11) is 3.44. The highest BCUT2D eigenvalue weighted by Crippen LogP contribution is 2.44. The van der Waals surface area contributed by atoms with Crippen LogP contribution < -0.4 is 5.32 Å². The number of aryl methyl sites for hydroxylation is 1. The zero-order chi connectivity index (χ0) is 23.3. The van der Waals surface area contributed by atoms with E-state index in [1.54, 1.807) is 17.8 Å². The fourth-order valence-electron chi connectivity index (χ4n) is 4.40. The molecule has 1 saturated heterocycles. The normalized spacial score (nSPS) is 20.7. The van der Waals surface area contributed by atoms with Crippen LogP contribution in [0.2, 0.25) is 0 Å². The molecular formula is C24H21N7OS. The number of benzene rings is 2. The van der Waals surface area contributed by atoms with E-state index in [0.29, 0.717) is 11.1 Å². The number of nitriles is 1. The molecule has 0 aliphatic carbocycles. The highest BCUT2D eigenvalue weighted by molar-refractivity contribution is 7.10. The molecule has 0 radical (unpaired) electrons. The Morgan fingerprint density at radius 2 is 2.00 bits per heavy atom. The Kier molecular flexibility index (Phi) is 4.76. The summed E-state index contributed by atoms with van der Waals surface area (Å²) < 4.78 is 1.70. The second kappa shape index (κ2) is 7.53. The van der Waals surface area contributed by atoms with Crippen molar-refractivity contribution in [1.29, 1.82) is 10.7 Å². The Morgan fingerprint density at radius 3 is 2.79 bits per heavy atom. The largest absolute Gasteiger partial charge is 0.345 e. The summed E-state index contributed by atoms with van der Waals surface area (Å²) in [6.07, 6.45) is 0. The second-order valence-corrected chi connectivity index (χ2v) is 9.27. The molecule has 1 fully saturated rings. The summed E-state index contributed by atoms with van der Waals surface area (Å²) in [5.41, 5.74) is 4.07. The van der Waals surface area contributed by atoms with Gasteiger partial charge in [-0.25, -0.2) is 4.68 Å². The number of likely N-dealkylation sites (N-methyl/N-ethyl adjacent to an activating group) is 1. The van der Waals surface area contributed by atoms with E-state index in [4.69, 9.17) is 5.41 Å². The molecule has 2 aromatic heterocycles. The number of aromatic nitrogens is 3. The van der Waals surface area contributed by atoms with Crippen molar-refractivity contribution < 1.29 is 4.79 Å². The van der Waals surface area contributed by atoms with Crippen LogP contribution in [-0.4, -0.2) is 38.8 Å². The predicted molar refractivity (Wildman–Crippen MR) is 127 cm³/mol. The molecule has 0 saturated carbocycles.